The first-order valence-corrected chi connectivity index (χ1v) is 7.24. The van der Waals surface area contributed by atoms with Gasteiger partial charge >= 0.3 is 5.97 Å². The first-order chi connectivity index (χ1) is 9.50. The fourth-order valence-corrected chi connectivity index (χ4v) is 3.66. The highest BCUT2D eigenvalue weighted by Crippen LogP contribution is 2.34. The minimum absolute atomic E-state index is 0.0816. The molecule has 0 aliphatic carbocycles. The van der Waals surface area contributed by atoms with Gasteiger partial charge in [0.1, 0.15) is 0 Å². The van der Waals surface area contributed by atoms with E-state index in [9.17, 15) is 13.2 Å². The van der Waals surface area contributed by atoms with Gasteiger partial charge in [-0.15, -0.1) is 0 Å². The lowest BCUT2D eigenvalue weighted by atomic mass is 10.2. The molecule has 3 rings (SSSR count). The highest BCUT2D eigenvalue weighted by atomic mass is 32.2. The number of hydrogen-bond donors (Lipinski definition) is 1. The number of hydrogen-bond acceptors (Lipinski definition) is 4. The zero-order valence-electron chi connectivity index (χ0n) is 10.1. The highest BCUT2D eigenvalue weighted by molar-refractivity contribution is 7.91. The fourth-order valence-electron chi connectivity index (χ4n) is 2.06. The Morgan fingerprint density at radius 1 is 1.05 bits per heavy atom. The normalized spacial score (nSPS) is 15.0. The zero-order chi connectivity index (χ0) is 14.3. The van der Waals surface area contributed by atoms with Crippen molar-refractivity contribution in [1.29, 1.82) is 0 Å². The van der Waals surface area contributed by atoms with Gasteiger partial charge in [0.05, 0.1) is 21.0 Å². The molecule has 2 aromatic rings. The lowest BCUT2D eigenvalue weighted by Gasteiger charge is -2.07. The van der Waals surface area contributed by atoms with E-state index in [4.69, 9.17) is 5.11 Å². The lowest BCUT2D eigenvalue weighted by molar-refractivity contribution is 0.0696. The summed E-state index contributed by atoms with van der Waals surface area (Å²) in [6.45, 7) is 0. The summed E-state index contributed by atoms with van der Waals surface area (Å²) in [6.07, 6.45) is 1.47. The molecule has 0 amide bonds. The molecule has 5 nitrogen and oxygen atoms in total. The Kier molecular flexibility index (Phi) is 2.69. The van der Waals surface area contributed by atoms with Gasteiger partial charge in [-0.3, -0.25) is 4.99 Å². The topological polar surface area (TPSA) is 83.8 Å². The minimum atomic E-state index is -3.78. The SMILES string of the molecule is O=C(O)c1ccc2c(c1)S(=O)(=O)c1ccccc1C=N2. The average Bonchev–Trinajstić information content (AvgIpc) is 2.55. The van der Waals surface area contributed by atoms with Crippen molar-refractivity contribution < 1.29 is 18.3 Å². The molecule has 0 bridgehead atoms. The van der Waals surface area contributed by atoms with Crippen LogP contribution in [0.1, 0.15) is 15.9 Å². The summed E-state index contributed by atoms with van der Waals surface area (Å²) in [4.78, 5) is 15.2. The van der Waals surface area contributed by atoms with E-state index in [-0.39, 0.29) is 21.0 Å². The lowest BCUT2D eigenvalue weighted by Crippen LogP contribution is -2.05. The molecular weight excluding hydrogens is 278 g/mol. The van der Waals surface area contributed by atoms with Gasteiger partial charge in [-0.1, -0.05) is 18.2 Å². The summed E-state index contributed by atoms with van der Waals surface area (Å²) in [5, 5.41) is 8.99. The van der Waals surface area contributed by atoms with Gasteiger partial charge in [-0.2, -0.15) is 0 Å². The maximum absolute atomic E-state index is 12.6. The van der Waals surface area contributed by atoms with Crippen molar-refractivity contribution >= 4 is 27.7 Å². The van der Waals surface area contributed by atoms with Gasteiger partial charge in [-0.05, 0) is 24.3 Å². The third-order valence-corrected chi connectivity index (χ3v) is 4.90. The van der Waals surface area contributed by atoms with Gasteiger partial charge in [0.2, 0.25) is 9.84 Å². The van der Waals surface area contributed by atoms with Crippen LogP contribution in [0.25, 0.3) is 0 Å². The highest BCUT2D eigenvalue weighted by Gasteiger charge is 2.26. The zero-order valence-corrected chi connectivity index (χ0v) is 11.0. The molecule has 0 radical (unpaired) electrons. The molecular formula is C14H9NO4S. The van der Waals surface area contributed by atoms with E-state index < -0.39 is 15.8 Å². The molecule has 0 fully saturated rings. The van der Waals surface area contributed by atoms with Crippen LogP contribution >= 0.6 is 0 Å². The largest absolute Gasteiger partial charge is 0.478 e. The number of carboxylic acid groups (broad SMARTS) is 1. The number of rotatable bonds is 1. The first-order valence-electron chi connectivity index (χ1n) is 5.76. The fraction of sp³-hybridized carbons (Fsp3) is 0. The summed E-state index contributed by atoms with van der Waals surface area (Å²) in [5.74, 6) is -1.18. The van der Waals surface area contributed by atoms with Crippen molar-refractivity contribution in [3.8, 4) is 0 Å². The Morgan fingerprint density at radius 3 is 2.55 bits per heavy atom. The quantitative estimate of drug-likeness (QED) is 0.744. The number of aliphatic imine (C=N–C) groups is 1. The molecule has 6 heteroatoms. The molecule has 0 saturated carbocycles. The second-order valence-electron chi connectivity index (χ2n) is 4.29. The maximum atomic E-state index is 12.6. The van der Waals surface area contributed by atoms with Crippen LogP contribution < -0.4 is 0 Å². The number of aromatic carboxylic acids is 1. The summed E-state index contributed by atoms with van der Waals surface area (Å²) in [5.41, 5.74) is 0.647. The number of fused-ring (bicyclic) bond motifs is 2. The van der Waals surface area contributed by atoms with Crippen molar-refractivity contribution in [2.24, 2.45) is 4.99 Å². The van der Waals surface area contributed by atoms with Crippen LogP contribution in [0.5, 0.6) is 0 Å². The van der Waals surface area contributed by atoms with Crippen LogP contribution in [0, 0.1) is 0 Å². The van der Waals surface area contributed by atoms with Gasteiger partial charge < -0.3 is 5.11 Å². The van der Waals surface area contributed by atoms with E-state index in [2.05, 4.69) is 4.99 Å². The van der Waals surface area contributed by atoms with Crippen LogP contribution in [0.2, 0.25) is 0 Å². The Labute approximate surface area is 115 Å². The van der Waals surface area contributed by atoms with Gasteiger partial charge in [0.15, 0.2) is 0 Å². The van der Waals surface area contributed by atoms with Crippen molar-refractivity contribution in [2.75, 3.05) is 0 Å². The number of nitrogens with zero attached hydrogens (tertiary/aromatic N) is 1. The molecule has 100 valence electrons. The van der Waals surface area contributed by atoms with E-state index in [1.807, 2.05) is 0 Å². The Balaban J connectivity index is 2.36. The first kappa shape index (κ1) is 12.6. The van der Waals surface area contributed by atoms with Gasteiger partial charge in [0.25, 0.3) is 0 Å². The summed E-state index contributed by atoms with van der Waals surface area (Å²) in [7, 11) is -3.78. The predicted molar refractivity (Wildman–Crippen MR) is 72.5 cm³/mol. The third kappa shape index (κ3) is 1.81. The molecule has 20 heavy (non-hydrogen) atoms. The molecule has 0 unspecified atom stereocenters. The van der Waals surface area contributed by atoms with Crippen LogP contribution in [0.15, 0.2) is 57.2 Å². The summed E-state index contributed by atoms with van der Waals surface area (Å²) in [6, 6.07) is 10.4. The molecule has 1 aliphatic heterocycles. The summed E-state index contributed by atoms with van der Waals surface area (Å²) >= 11 is 0. The monoisotopic (exact) mass is 287 g/mol. The number of carbonyl (C=O) groups is 1. The van der Waals surface area contributed by atoms with E-state index in [0.717, 1.165) is 6.07 Å². The molecule has 0 spiro atoms. The Morgan fingerprint density at radius 2 is 1.80 bits per heavy atom. The standard InChI is InChI=1S/C14H9NO4S/c16-14(17)9-5-6-11-13(7-9)20(18,19)12-4-2-1-3-10(12)8-15-11/h1-8H,(H,16,17). The molecule has 1 N–H and O–H groups in total. The second-order valence-corrected chi connectivity index (χ2v) is 6.17. The molecule has 2 aromatic carbocycles. The average molecular weight is 287 g/mol. The van der Waals surface area contributed by atoms with Crippen molar-refractivity contribution in [3.05, 3.63) is 53.6 Å². The molecule has 1 aliphatic rings. The van der Waals surface area contributed by atoms with Gasteiger partial charge in [0, 0.05) is 11.8 Å². The van der Waals surface area contributed by atoms with Crippen LogP contribution in [-0.4, -0.2) is 25.7 Å². The van der Waals surface area contributed by atoms with Crippen molar-refractivity contribution in [2.45, 2.75) is 9.79 Å². The molecule has 0 atom stereocenters. The molecule has 0 saturated heterocycles. The van der Waals surface area contributed by atoms with Crippen LogP contribution in [-0.2, 0) is 9.84 Å². The Bertz CT molecular complexity index is 853. The van der Waals surface area contributed by atoms with Crippen LogP contribution in [0.4, 0.5) is 5.69 Å². The molecule has 0 aromatic heterocycles. The predicted octanol–water partition coefficient (Wildman–Crippen LogP) is 2.28. The van der Waals surface area contributed by atoms with Crippen LogP contribution in [0.3, 0.4) is 0 Å². The van der Waals surface area contributed by atoms with E-state index in [1.54, 1.807) is 18.2 Å². The third-order valence-electron chi connectivity index (χ3n) is 3.05. The van der Waals surface area contributed by atoms with E-state index in [1.165, 1.54) is 24.4 Å². The number of sulfone groups is 1. The maximum Gasteiger partial charge on any atom is 0.335 e. The van der Waals surface area contributed by atoms with E-state index in [0.29, 0.717) is 5.56 Å². The van der Waals surface area contributed by atoms with Crippen molar-refractivity contribution in [1.82, 2.24) is 0 Å². The minimum Gasteiger partial charge on any atom is -0.478 e. The van der Waals surface area contributed by atoms with Crippen molar-refractivity contribution in [3.63, 3.8) is 0 Å². The smallest absolute Gasteiger partial charge is 0.335 e. The number of benzene rings is 2. The number of carboxylic acids is 1. The second kappa shape index (κ2) is 4.28. The summed E-state index contributed by atoms with van der Waals surface area (Å²) < 4.78 is 25.2. The van der Waals surface area contributed by atoms with Gasteiger partial charge in [-0.25, -0.2) is 13.2 Å². The van der Waals surface area contributed by atoms with E-state index >= 15 is 0 Å². The Hall–Kier alpha value is -2.47. The molecule has 1 heterocycles.